The molecular formula is C15H13NO. The second-order valence-corrected chi connectivity index (χ2v) is 3.97. The smallest absolute Gasteiger partial charge is 0.163 e. The predicted octanol–water partition coefficient (Wildman–Crippen LogP) is 4.11. The van der Waals surface area contributed by atoms with Gasteiger partial charge in [-0.2, -0.15) is 0 Å². The van der Waals surface area contributed by atoms with Crippen LogP contribution in [0.2, 0.25) is 0 Å². The number of fused-ring (bicyclic) bond motifs is 3. The van der Waals surface area contributed by atoms with Crippen LogP contribution in [0, 0.1) is 0 Å². The molecule has 0 radical (unpaired) electrons. The Hall–Kier alpha value is -2.22. The number of nitrogens with one attached hydrogen (secondary N) is 1. The predicted molar refractivity (Wildman–Crippen MR) is 70.8 cm³/mol. The summed E-state index contributed by atoms with van der Waals surface area (Å²) in [6.07, 6.45) is 4.14. The van der Waals surface area contributed by atoms with Crippen molar-refractivity contribution in [2.45, 2.75) is 6.92 Å². The van der Waals surface area contributed by atoms with E-state index in [1.807, 2.05) is 43.3 Å². The molecule has 0 saturated carbocycles. The first-order valence-corrected chi connectivity index (χ1v) is 5.68. The Morgan fingerprint density at radius 1 is 1.06 bits per heavy atom. The second kappa shape index (κ2) is 3.98. The third-order valence-electron chi connectivity index (χ3n) is 2.87. The molecule has 1 aliphatic heterocycles. The van der Waals surface area contributed by atoms with Crippen LogP contribution in [0.1, 0.15) is 12.5 Å². The zero-order chi connectivity index (χ0) is 11.7. The molecule has 2 nitrogen and oxygen atoms in total. The first-order chi connectivity index (χ1) is 8.40. The Labute approximate surface area is 101 Å². The molecular weight excluding hydrogens is 210 g/mol. The van der Waals surface area contributed by atoms with E-state index in [4.69, 9.17) is 4.84 Å². The normalized spacial score (nSPS) is 12.5. The fourth-order valence-electron chi connectivity index (χ4n) is 2.14. The van der Waals surface area contributed by atoms with Crippen LogP contribution in [0.4, 0.5) is 5.69 Å². The van der Waals surface area contributed by atoms with Gasteiger partial charge in [0.2, 0.25) is 0 Å². The number of benzene rings is 2. The van der Waals surface area contributed by atoms with E-state index < -0.39 is 0 Å². The van der Waals surface area contributed by atoms with Gasteiger partial charge >= 0.3 is 0 Å². The molecule has 0 aliphatic carbocycles. The Balaban J connectivity index is 2.29. The summed E-state index contributed by atoms with van der Waals surface area (Å²) in [6, 6.07) is 14.3. The van der Waals surface area contributed by atoms with Gasteiger partial charge in [-0.1, -0.05) is 42.5 Å². The SMILES string of the molecule is CC=Cc1cccc2c1-c1ccccc1NO2. The summed E-state index contributed by atoms with van der Waals surface area (Å²) in [6.45, 7) is 2.02. The largest absolute Gasteiger partial charge is 0.381 e. The van der Waals surface area contributed by atoms with Gasteiger partial charge in [0.05, 0.1) is 5.69 Å². The molecule has 3 rings (SSSR count). The van der Waals surface area contributed by atoms with Crippen LogP contribution in [0.25, 0.3) is 17.2 Å². The summed E-state index contributed by atoms with van der Waals surface area (Å²) in [5.74, 6) is 0.874. The summed E-state index contributed by atoms with van der Waals surface area (Å²) in [7, 11) is 0. The highest BCUT2D eigenvalue weighted by Gasteiger charge is 2.18. The number of allylic oxidation sites excluding steroid dienone is 1. The molecule has 17 heavy (non-hydrogen) atoms. The first-order valence-electron chi connectivity index (χ1n) is 5.68. The van der Waals surface area contributed by atoms with E-state index in [0.717, 1.165) is 17.0 Å². The molecule has 0 atom stereocenters. The summed E-state index contributed by atoms with van der Waals surface area (Å²) in [5, 5.41) is 0. The van der Waals surface area contributed by atoms with Crippen molar-refractivity contribution in [1.29, 1.82) is 0 Å². The van der Waals surface area contributed by atoms with Gasteiger partial charge in [-0.3, -0.25) is 0 Å². The molecule has 0 bridgehead atoms. The van der Waals surface area contributed by atoms with Crippen LogP contribution in [0.15, 0.2) is 48.5 Å². The van der Waals surface area contributed by atoms with Gasteiger partial charge in [-0.05, 0) is 24.6 Å². The quantitative estimate of drug-likeness (QED) is 0.785. The molecule has 0 spiro atoms. The number of hydrogen-bond donors (Lipinski definition) is 1. The highest BCUT2D eigenvalue weighted by molar-refractivity contribution is 5.89. The highest BCUT2D eigenvalue weighted by Crippen LogP contribution is 2.41. The minimum absolute atomic E-state index is 0.874. The van der Waals surface area contributed by atoms with E-state index in [9.17, 15) is 0 Å². The molecule has 1 aliphatic rings. The average Bonchev–Trinajstić information content (AvgIpc) is 2.39. The van der Waals surface area contributed by atoms with Crippen molar-refractivity contribution in [3.05, 3.63) is 54.1 Å². The third kappa shape index (κ3) is 1.58. The van der Waals surface area contributed by atoms with E-state index in [1.54, 1.807) is 0 Å². The Bertz CT molecular complexity index is 587. The van der Waals surface area contributed by atoms with E-state index in [1.165, 1.54) is 11.1 Å². The Kier molecular flexibility index (Phi) is 2.33. The molecule has 2 heteroatoms. The van der Waals surface area contributed by atoms with Crippen LogP contribution < -0.4 is 10.3 Å². The molecule has 0 amide bonds. The van der Waals surface area contributed by atoms with Gasteiger partial charge in [-0.25, -0.2) is 5.48 Å². The highest BCUT2D eigenvalue weighted by atomic mass is 16.6. The summed E-state index contributed by atoms with van der Waals surface area (Å²) >= 11 is 0. The lowest BCUT2D eigenvalue weighted by atomic mass is 9.96. The third-order valence-corrected chi connectivity index (χ3v) is 2.87. The number of anilines is 1. The maximum Gasteiger partial charge on any atom is 0.163 e. The zero-order valence-electron chi connectivity index (χ0n) is 9.60. The lowest BCUT2D eigenvalue weighted by molar-refractivity contribution is 0.402. The molecule has 2 aromatic rings. The van der Waals surface area contributed by atoms with Crippen LogP contribution in [0.5, 0.6) is 5.75 Å². The zero-order valence-corrected chi connectivity index (χ0v) is 9.60. The number of rotatable bonds is 1. The molecule has 0 aromatic heterocycles. The van der Waals surface area contributed by atoms with Gasteiger partial charge in [0.15, 0.2) is 5.75 Å². The lowest BCUT2D eigenvalue weighted by Gasteiger charge is -2.22. The molecule has 0 fully saturated rings. The van der Waals surface area contributed by atoms with Crippen molar-refractivity contribution in [1.82, 2.24) is 0 Å². The van der Waals surface area contributed by atoms with E-state index in [0.29, 0.717) is 0 Å². The molecule has 2 aromatic carbocycles. The van der Waals surface area contributed by atoms with Gasteiger partial charge < -0.3 is 4.84 Å². The lowest BCUT2D eigenvalue weighted by Crippen LogP contribution is -2.11. The molecule has 1 heterocycles. The van der Waals surface area contributed by atoms with Crippen molar-refractivity contribution < 1.29 is 4.84 Å². The van der Waals surface area contributed by atoms with Crippen LogP contribution in [-0.4, -0.2) is 0 Å². The molecule has 0 saturated heterocycles. The van der Waals surface area contributed by atoms with E-state index in [2.05, 4.69) is 23.7 Å². The van der Waals surface area contributed by atoms with Crippen molar-refractivity contribution in [3.63, 3.8) is 0 Å². The second-order valence-electron chi connectivity index (χ2n) is 3.97. The van der Waals surface area contributed by atoms with Crippen LogP contribution >= 0.6 is 0 Å². The summed E-state index contributed by atoms with van der Waals surface area (Å²) in [4.78, 5) is 5.55. The Morgan fingerprint density at radius 2 is 1.94 bits per heavy atom. The number of hydrogen-bond acceptors (Lipinski definition) is 2. The van der Waals surface area contributed by atoms with Crippen molar-refractivity contribution in [2.75, 3.05) is 5.48 Å². The minimum Gasteiger partial charge on any atom is -0.381 e. The summed E-state index contributed by atoms with van der Waals surface area (Å²) in [5.41, 5.74) is 7.49. The minimum atomic E-state index is 0.874. The average molecular weight is 223 g/mol. The maximum atomic E-state index is 5.55. The van der Waals surface area contributed by atoms with Crippen LogP contribution in [-0.2, 0) is 0 Å². The van der Waals surface area contributed by atoms with Gasteiger partial charge in [0, 0.05) is 11.1 Å². The van der Waals surface area contributed by atoms with E-state index >= 15 is 0 Å². The van der Waals surface area contributed by atoms with Gasteiger partial charge in [-0.15, -0.1) is 0 Å². The van der Waals surface area contributed by atoms with Crippen LogP contribution in [0.3, 0.4) is 0 Å². The first kappa shape index (κ1) is 9.97. The number of para-hydroxylation sites is 1. The fraction of sp³-hybridized carbons (Fsp3) is 0.0667. The topological polar surface area (TPSA) is 21.3 Å². The molecule has 84 valence electrons. The van der Waals surface area contributed by atoms with Gasteiger partial charge in [0.25, 0.3) is 0 Å². The molecule has 0 unspecified atom stereocenters. The van der Waals surface area contributed by atoms with E-state index in [-0.39, 0.29) is 0 Å². The van der Waals surface area contributed by atoms with Crippen molar-refractivity contribution in [3.8, 4) is 16.9 Å². The maximum absolute atomic E-state index is 5.55. The van der Waals surface area contributed by atoms with Gasteiger partial charge in [0.1, 0.15) is 0 Å². The van der Waals surface area contributed by atoms with Crippen molar-refractivity contribution >= 4 is 11.8 Å². The monoisotopic (exact) mass is 223 g/mol. The standard InChI is InChI=1S/C15H13NO/c1-2-6-11-7-5-10-14-15(11)12-8-3-4-9-13(12)16-17-14/h2-10,16H,1H3. The summed E-state index contributed by atoms with van der Waals surface area (Å²) < 4.78 is 0. The fourth-order valence-corrected chi connectivity index (χ4v) is 2.14. The van der Waals surface area contributed by atoms with Crippen molar-refractivity contribution in [2.24, 2.45) is 0 Å². The molecule has 1 N–H and O–H groups in total. The Morgan fingerprint density at radius 3 is 2.82 bits per heavy atom.